The van der Waals surface area contributed by atoms with Crippen LogP contribution < -0.4 is 5.32 Å². The van der Waals surface area contributed by atoms with Crippen molar-refractivity contribution >= 4 is 0 Å². The van der Waals surface area contributed by atoms with Gasteiger partial charge in [-0.3, -0.25) is 4.90 Å². The third-order valence-electron chi connectivity index (χ3n) is 4.28. The van der Waals surface area contributed by atoms with Crippen LogP contribution in [0, 0.1) is 0 Å². The third-order valence-corrected chi connectivity index (χ3v) is 4.28. The molecule has 0 radical (unpaired) electrons. The second kappa shape index (κ2) is 5.03. The molecule has 1 heterocycles. The zero-order valence-electron chi connectivity index (χ0n) is 11.0. The smallest absolute Gasteiger partial charge is 0.0572 e. The van der Waals surface area contributed by atoms with Crippen LogP contribution in [0.4, 0.5) is 0 Å². The predicted octanol–water partition coefficient (Wildman–Crippen LogP) is 1.63. The molecule has 0 aromatic heterocycles. The van der Waals surface area contributed by atoms with Gasteiger partial charge >= 0.3 is 0 Å². The summed E-state index contributed by atoms with van der Waals surface area (Å²) in [6.07, 6.45) is 5.61. The number of rotatable bonds is 2. The zero-order chi connectivity index (χ0) is 11.6. The average Bonchev–Trinajstić information content (AvgIpc) is 2.29. The SMILES string of the molecule is COC1CCC(N2CCNCC2(C)C)CC1. The van der Waals surface area contributed by atoms with Gasteiger partial charge in [-0.15, -0.1) is 0 Å². The Morgan fingerprint density at radius 2 is 1.88 bits per heavy atom. The van der Waals surface area contributed by atoms with Crippen molar-refractivity contribution in [1.82, 2.24) is 10.2 Å². The fourth-order valence-electron chi connectivity index (χ4n) is 3.27. The van der Waals surface area contributed by atoms with Crippen LogP contribution in [-0.4, -0.2) is 49.3 Å². The molecule has 1 N–H and O–H groups in total. The summed E-state index contributed by atoms with van der Waals surface area (Å²) in [7, 11) is 1.85. The first kappa shape index (κ1) is 12.3. The Hall–Kier alpha value is -0.120. The van der Waals surface area contributed by atoms with Gasteiger partial charge in [-0.1, -0.05) is 0 Å². The van der Waals surface area contributed by atoms with Gasteiger partial charge in [0.1, 0.15) is 0 Å². The monoisotopic (exact) mass is 226 g/mol. The Labute approximate surface area is 99.5 Å². The minimum atomic E-state index is 0.322. The molecule has 1 saturated carbocycles. The number of hydrogen-bond donors (Lipinski definition) is 1. The maximum absolute atomic E-state index is 5.45. The van der Waals surface area contributed by atoms with E-state index in [2.05, 4.69) is 24.1 Å². The molecule has 16 heavy (non-hydrogen) atoms. The van der Waals surface area contributed by atoms with E-state index < -0.39 is 0 Å². The van der Waals surface area contributed by atoms with Gasteiger partial charge in [0.15, 0.2) is 0 Å². The van der Waals surface area contributed by atoms with E-state index in [0.29, 0.717) is 11.6 Å². The van der Waals surface area contributed by atoms with E-state index in [1.165, 1.54) is 32.2 Å². The molecule has 94 valence electrons. The number of methoxy groups -OCH3 is 1. The van der Waals surface area contributed by atoms with Crippen LogP contribution >= 0.6 is 0 Å². The van der Waals surface area contributed by atoms with Gasteiger partial charge in [0.05, 0.1) is 6.10 Å². The quantitative estimate of drug-likeness (QED) is 0.774. The van der Waals surface area contributed by atoms with Crippen LogP contribution in [0.5, 0.6) is 0 Å². The first-order chi connectivity index (χ1) is 7.63. The lowest BCUT2D eigenvalue weighted by Crippen LogP contribution is -2.61. The molecule has 2 fully saturated rings. The maximum Gasteiger partial charge on any atom is 0.0572 e. The summed E-state index contributed by atoms with van der Waals surface area (Å²) in [5.74, 6) is 0. The second-order valence-corrected chi connectivity index (χ2v) is 5.85. The van der Waals surface area contributed by atoms with Gasteiger partial charge in [-0.05, 0) is 39.5 Å². The molecule has 0 unspecified atom stereocenters. The number of nitrogens with zero attached hydrogens (tertiary/aromatic N) is 1. The van der Waals surface area contributed by atoms with Crippen LogP contribution in [0.15, 0.2) is 0 Å². The van der Waals surface area contributed by atoms with E-state index in [1.807, 2.05) is 7.11 Å². The highest BCUT2D eigenvalue weighted by molar-refractivity contribution is 4.93. The van der Waals surface area contributed by atoms with Crippen molar-refractivity contribution < 1.29 is 4.74 Å². The number of hydrogen-bond acceptors (Lipinski definition) is 3. The maximum atomic E-state index is 5.45. The summed E-state index contributed by atoms with van der Waals surface area (Å²) in [4.78, 5) is 2.72. The highest BCUT2D eigenvalue weighted by Crippen LogP contribution is 2.30. The molecule has 0 spiro atoms. The van der Waals surface area contributed by atoms with Gasteiger partial charge in [-0.2, -0.15) is 0 Å². The first-order valence-corrected chi connectivity index (χ1v) is 6.64. The molecule has 0 bridgehead atoms. The van der Waals surface area contributed by atoms with Crippen molar-refractivity contribution in [3.05, 3.63) is 0 Å². The van der Waals surface area contributed by atoms with Gasteiger partial charge in [0.25, 0.3) is 0 Å². The Balaban J connectivity index is 1.92. The topological polar surface area (TPSA) is 24.5 Å². The van der Waals surface area contributed by atoms with E-state index in [0.717, 1.165) is 19.1 Å². The normalized spacial score (nSPS) is 36.2. The first-order valence-electron chi connectivity index (χ1n) is 6.64. The fraction of sp³-hybridized carbons (Fsp3) is 1.00. The number of piperazine rings is 1. The average molecular weight is 226 g/mol. The standard InChI is InChI=1S/C13H26N2O/c1-13(2)10-14-8-9-15(13)11-4-6-12(16-3)7-5-11/h11-12,14H,4-10H2,1-3H3. The van der Waals surface area contributed by atoms with E-state index in [4.69, 9.17) is 4.74 Å². The Kier molecular flexibility index (Phi) is 3.88. The summed E-state index contributed by atoms with van der Waals surface area (Å²) >= 11 is 0. The molecule has 0 atom stereocenters. The molecule has 0 amide bonds. The molecule has 1 saturated heterocycles. The highest BCUT2D eigenvalue weighted by Gasteiger charge is 2.36. The van der Waals surface area contributed by atoms with Crippen molar-refractivity contribution in [3.8, 4) is 0 Å². The van der Waals surface area contributed by atoms with Gasteiger partial charge in [0.2, 0.25) is 0 Å². The predicted molar refractivity (Wildman–Crippen MR) is 66.7 cm³/mol. The molecule has 0 aromatic rings. The van der Waals surface area contributed by atoms with E-state index in [9.17, 15) is 0 Å². The van der Waals surface area contributed by atoms with E-state index in [1.54, 1.807) is 0 Å². The molecule has 1 aliphatic carbocycles. The minimum Gasteiger partial charge on any atom is -0.381 e. The number of nitrogens with one attached hydrogen (secondary N) is 1. The lowest BCUT2D eigenvalue weighted by Gasteiger charge is -2.49. The van der Waals surface area contributed by atoms with Crippen LogP contribution in [0.2, 0.25) is 0 Å². The molecule has 3 nitrogen and oxygen atoms in total. The number of ether oxygens (including phenoxy) is 1. The molecule has 2 rings (SSSR count). The highest BCUT2D eigenvalue weighted by atomic mass is 16.5. The lowest BCUT2D eigenvalue weighted by atomic mass is 9.87. The van der Waals surface area contributed by atoms with Crippen LogP contribution in [0.25, 0.3) is 0 Å². The molecule has 3 heteroatoms. The summed E-state index contributed by atoms with van der Waals surface area (Å²) in [6, 6.07) is 0.781. The Morgan fingerprint density at radius 3 is 2.44 bits per heavy atom. The largest absolute Gasteiger partial charge is 0.381 e. The fourth-order valence-corrected chi connectivity index (χ4v) is 3.27. The molecular formula is C13H26N2O. The summed E-state index contributed by atoms with van der Waals surface area (Å²) in [6.45, 7) is 8.20. The minimum absolute atomic E-state index is 0.322. The van der Waals surface area contributed by atoms with Gasteiger partial charge < -0.3 is 10.1 Å². The van der Waals surface area contributed by atoms with Crippen molar-refractivity contribution in [2.45, 2.75) is 57.2 Å². The van der Waals surface area contributed by atoms with E-state index >= 15 is 0 Å². The van der Waals surface area contributed by atoms with Crippen LogP contribution in [-0.2, 0) is 4.74 Å². The van der Waals surface area contributed by atoms with Crippen molar-refractivity contribution in [2.24, 2.45) is 0 Å². The van der Waals surface area contributed by atoms with Gasteiger partial charge in [-0.25, -0.2) is 0 Å². The van der Waals surface area contributed by atoms with E-state index in [-0.39, 0.29) is 0 Å². The second-order valence-electron chi connectivity index (χ2n) is 5.85. The summed E-state index contributed by atoms with van der Waals surface area (Å²) in [5, 5.41) is 3.50. The van der Waals surface area contributed by atoms with Crippen molar-refractivity contribution in [1.29, 1.82) is 0 Å². The zero-order valence-corrected chi connectivity index (χ0v) is 11.0. The van der Waals surface area contributed by atoms with Crippen molar-refractivity contribution in [2.75, 3.05) is 26.7 Å². The lowest BCUT2D eigenvalue weighted by molar-refractivity contribution is -0.00643. The molecular weight excluding hydrogens is 200 g/mol. The van der Waals surface area contributed by atoms with Crippen molar-refractivity contribution in [3.63, 3.8) is 0 Å². The summed E-state index contributed by atoms with van der Waals surface area (Å²) in [5.41, 5.74) is 0.322. The Morgan fingerprint density at radius 1 is 1.19 bits per heavy atom. The molecule has 2 aliphatic rings. The molecule has 0 aromatic carbocycles. The van der Waals surface area contributed by atoms with Crippen LogP contribution in [0.3, 0.4) is 0 Å². The van der Waals surface area contributed by atoms with Gasteiger partial charge in [0, 0.05) is 38.3 Å². The Bertz CT molecular complexity index is 222. The third kappa shape index (κ3) is 2.58. The van der Waals surface area contributed by atoms with Crippen LogP contribution in [0.1, 0.15) is 39.5 Å². The summed E-state index contributed by atoms with van der Waals surface area (Å²) < 4.78 is 5.45. The molecule has 1 aliphatic heterocycles.